The van der Waals surface area contributed by atoms with Crippen molar-refractivity contribution in [2.24, 2.45) is 0 Å². The first-order valence-corrected chi connectivity index (χ1v) is 7.37. The van der Waals surface area contributed by atoms with Gasteiger partial charge in [0.25, 0.3) is 0 Å². The third-order valence-corrected chi connectivity index (χ3v) is 4.11. The lowest BCUT2D eigenvalue weighted by Crippen LogP contribution is -2.02. The molecule has 0 heterocycles. The molecule has 0 saturated heterocycles. The molecule has 0 spiro atoms. The number of aryl methyl sites for hydroxylation is 1. The van der Waals surface area contributed by atoms with Gasteiger partial charge in [0.2, 0.25) is 0 Å². The van der Waals surface area contributed by atoms with Gasteiger partial charge in [0.1, 0.15) is 5.82 Å². The molecule has 0 bridgehead atoms. The van der Waals surface area contributed by atoms with E-state index in [2.05, 4.69) is 62.9 Å². The Kier molecular flexibility index (Phi) is 4.61. The van der Waals surface area contributed by atoms with Crippen molar-refractivity contribution in [3.05, 3.63) is 61.4 Å². The molecular weight excluding hydrogens is 408 g/mol. The van der Waals surface area contributed by atoms with Crippen molar-refractivity contribution in [2.45, 2.75) is 13.5 Å². The first kappa shape index (κ1) is 13.8. The molecule has 1 N–H and O–H groups in total. The second-order valence-corrected chi connectivity index (χ2v) is 6.15. The molecule has 0 radical (unpaired) electrons. The number of hydrogen-bond donors (Lipinski definition) is 1. The van der Waals surface area contributed by atoms with E-state index in [0.717, 1.165) is 15.7 Å². The summed E-state index contributed by atoms with van der Waals surface area (Å²) in [6, 6.07) is 10.9. The number of halogens is 3. The predicted molar refractivity (Wildman–Crippen MR) is 85.3 cm³/mol. The second kappa shape index (κ2) is 6.02. The average molecular weight is 420 g/mol. The molecule has 2 rings (SSSR count). The van der Waals surface area contributed by atoms with Crippen LogP contribution in [0, 0.1) is 16.3 Å². The van der Waals surface area contributed by atoms with E-state index in [0.29, 0.717) is 6.54 Å². The fourth-order valence-electron chi connectivity index (χ4n) is 1.69. The predicted octanol–water partition coefficient (Wildman–Crippen LogP) is 5.11. The highest BCUT2D eigenvalue weighted by molar-refractivity contribution is 14.1. The number of anilines is 1. The van der Waals surface area contributed by atoms with Crippen LogP contribution in [0.1, 0.15) is 11.1 Å². The molecule has 0 amide bonds. The van der Waals surface area contributed by atoms with E-state index in [-0.39, 0.29) is 5.82 Å². The Hall–Kier alpha value is -0.620. The molecule has 2 aromatic rings. The summed E-state index contributed by atoms with van der Waals surface area (Å²) in [5.74, 6) is -0.214. The minimum atomic E-state index is -0.214. The van der Waals surface area contributed by atoms with Crippen molar-refractivity contribution in [2.75, 3.05) is 5.32 Å². The Morgan fingerprint density at radius 1 is 1.22 bits per heavy atom. The van der Waals surface area contributed by atoms with Gasteiger partial charge in [0.15, 0.2) is 0 Å². The monoisotopic (exact) mass is 419 g/mol. The Labute approximate surface area is 128 Å². The van der Waals surface area contributed by atoms with Gasteiger partial charge >= 0.3 is 0 Å². The maximum Gasteiger partial charge on any atom is 0.123 e. The fraction of sp³-hybridized carbons (Fsp3) is 0.143. The van der Waals surface area contributed by atoms with Gasteiger partial charge in [-0.1, -0.05) is 15.9 Å². The molecule has 2 aromatic carbocycles. The van der Waals surface area contributed by atoms with Crippen LogP contribution in [-0.2, 0) is 6.54 Å². The summed E-state index contributed by atoms with van der Waals surface area (Å²) < 4.78 is 15.3. The minimum Gasteiger partial charge on any atom is -0.381 e. The summed E-state index contributed by atoms with van der Waals surface area (Å²) in [4.78, 5) is 0. The first-order valence-electron chi connectivity index (χ1n) is 5.50. The van der Waals surface area contributed by atoms with E-state index in [1.165, 1.54) is 15.2 Å². The Balaban J connectivity index is 2.13. The molecule has 94 valence electrons. The Bertz CT molecular complexity index is 572. The third-order valence-electron chi connectivity index (χ3n) is 2.67. The lowest BCUT2D eigenvalue weighted by atomic mass is 10.2. The van der Waals surface area contributed by atoms with Gasteiger partial charge < -0.3 is 5.32 Å². The second-order valence-electron chi connectivity index (χ2n) is 4.05. The summed E-state index contributed by atoms with van der Waals surface area (Å²) in [6.45, 7) is 2.66. The highest BCUT2D eigenvalue weighted by atomic mass is 127. The van der Waals surface area contributed by atoms with Crippen LogP contribution in [0.4, 0.5) is 10.1 Å². The summed E-state index contributed by atoms with van der Waals surface area (Å²) in [7, 11) is 0. The van der Waals surface area contributed by atoms with Gasteiger partial charge in [-0.2, -0.15) is 0 Å². The van der Waals surface area contributed by atoms with Crippen LogP contribution in [0.25, 0.3) is 0 Å². The van der Waals surface area contributed by atoms with Crippen molar-refractivity contribution >= 4 is 44.2 Å². The average Bonchev–Trinajstić information content (AvgIpc) is 2.32. The van der Waals surface area contributed by atoms with Crippen LogP contribution < -0.4 is 5.32 Å². The van der Waals surface area contributed by atoms with E-state index >= 15 is 0 Å². The molecule has 0 aromatic heterocycles. The Morgan fingerprint density at radius 3 is 2.72 bits per heavy atom. The molecule has 0 unspecified atom stereocenters. The standard InChI is InChI=1S/C14H12BrFIN/c1-9-6-12(17)3-5-14(9)18-8-10-7-11(16)2-4-13(10)15/h2-7,18H,8H2,1H3. The largest absolute Gasteiger partial charge is 0.381 e. The molecule has 0 saturated carbocycles. The lowest BCUT2D eigenvalue weighted by Gasteiger charge is -2.11. The Morgan fingerprint density at radius 2 is 2.00 bits per heavy atom. The van der Waals surface area contributed by atoms with Crippen LogP contribution in [0.5, 0.6) is 0 Å². The van der Waals surface area contributed by atoms with Gasteiger partial charge in [-0.3, -0.25) is 0 Å². The summed E-state index contributed by atoms with van der Waals surface area (Å²) in [5, 5.41) is 3.32. The highest BCUT2D eigenvalue weighted by Gasteiger charge is 2.03. The number of rotatable bonds is 3. The molecule has 4 heteroatoms. The lowest BCUT2D eigenvalue weighted by molar-refractivity contribution is 0.625. The van der Waals surface area contributed by atoms with Gasteiger partial charge in [0.05, 0.1) is 0 Å². The van der Waals surface area contributed by atoms with E-state index in [1.807, 2.05) is 6.07 Å². The van der Waals surface area contributed by atoms with Gasteiger partial charge in [-0.25, -0.2) is 4.39 Å². The normalized spacial score (nSPS) is 10.4. The maximum atomic E-state index is 13.2. The van der Waals surface area contributed by atoms with Gasteiger partial charge in [-0.05, 0) is 77.0 Å². The highest BCUT2D eigenvalue weighted by Crippen LogP contribution is 2.22. The van der Waals surface area contributed by atoms with Crippen molar-refractivity contribution in [1.82, 2.24) is 0 Å². The topological polar surface area (TPSA) is 12.0 Å². The molecule has 0 atom stereocenters. The molecule has 0 aliphatic carbocycles. The van der Waals surface area contributed by atoms with Crippen LogP contribution >= 0.6 is 38.5 Å². The summed E-state index contributed by atoms with van der Waals surface area (Å²) in [6.07, 6.45) is 0. The SMILES string of the molecule is Cc1cc(I)ccc1NCc1cc(F)ccc1Br. The zero-order valence-corrected chi connectivity index (χ0v) is 13.5. The minimum absolute atomic E-state index is 0.214. The van der Waals surface area contributed by atoms with E-state index in [9.17, 15) is 4.39 Å². The van der Waals surface area contributed by atoms with Crippen molar-refractivity contribution in [3.63, 3.8) is 0 Å². The first-order chi connectivity index (χ1) is 8.56. The molecule has 18 heavy (non-hydrogen) atoms. The number of benzene rings is 2. The molecule has 0 fully saturated rings. The molecule has 0 aliphatic heterocycles. The van der Waals surface area contributed by atoms with E-state index < -0.39 is 0 Å². The molecule has 1 nitrogen and oxygen atoms in total. The molecule has 0 aliphatic rings. The van der Waals surface area contributed by atoms with Crippen LogP contribution in [0.2, 0.25) is 0 Å². The van der Waals surface area contributed by atoms with Crippen LogP contribution in [-0.4, -0.2) is 0 Å². The van der Waals surface area contributed by atoms with Crippen molar-refractivity contribution in [1.29, 1.82) is 0 Å². The third kappa shape index (κ3) is 3.45. The van der Waals surface area contributed by atoms with Gasteiger partial charge in [-0.15, -0.1) is 0 Å². The van der Waals surface area contributed by atoms with Crippen LogP contribution in [0.3, 0.4) is 0 Å². The van der Waals surface area contributed by atoms with Crippen LogP contribution in [0.15, 0.2) is 40.9 Å². The van der Waals surface area contributed by atoms with Crippen molar-refractivity contribution < 1.29 is 4.39 Å². The summed E-state index contributed by atoms with van der Waals surface area (Å²) >= 11 is 5.71. The smallest absolute Gasteiger partial charge is 0.123 e. The zero-order chi connectivity index (χ0) is 13.1. The number of nitrogens with one attached hydrogen (secondary N) is 1. The van der Waals surface area contributed by atoms with Gasteiger partial charge in [0, 0.05) is 20.3 Å². The van der Waals surface area contributed by atoms with Crippen molar-refractivity contribution in [3.8, 4) is 0 Å². The molecular formula is C14H12BrFIN. The van der Waals surface area contributed by atoms with E-state index in [4.69, 9.17) is 0 Å². The fourth-order valence-corrected chi connectivity index (χ4v) is 2.73. The maximum absolute atomic E-state index is 13.2. The number of hydrogen-bond acceptors (Lipinski definition) is 1. The summed E-state index contributed by atoms with van der Waals surface area (Å²) in [5.41, 5.74) is 3.17. The quantitative estimate of drug-likeness (QED) is 0.681. The van der Waals surface area contributed by atoms with E-state index in [1.54, 1.807) is 12.1 Å². The zero-order valence-electron chi connectivity index (χ0n) is 9.81.